The van der Waals surface area contributed by atoms with Crippen molar-refractivity contribution in [2.45, 2.75) is 0 Å². The van der Waals surface area contributed by atoms with Crippen molar-refractivity contribution in [2.24, 2.45) is 0 Å². The number of nitrogens with zero attached hydrogens (tertiary/aromatic N) is 3. The van der Waals surface area contributed by atoms with Crippen molar-refractivity contribution in [2.75, 3.05) is 16.0 Å². The Morgan fingerprint density at radius 2 is 1.64 bits per heavy atom. The molecule has 0 radical (unpaired) electrons. The number of nitrogens with one attached hydrogen (secondary N) is 3. The Morgan fingerprint density at radius 1 is 0.806 bits per heavy atom. The van der Waals surface area contributed by atoms with Crippen LogP contribution in [0.2, 0.25) is 0 Å². The fourth-order valence-corrected chi connectivity index (χ4v) is 3.76. The summed E-state index contributed by atoms with van der Waals surface area (Å²) in [5, 5.41) is 19.2. The Labute approximate surface area is 206 Å². The molecule has 3 N–H and O–H groups in total. The van der Waals surface area contributed by atoms with E-state index < -0.39 is 5.82 Å². The number of hydrogen-bond acceptors (Lipinski definition) is 6. The van der Waals surface area contributed by atoms with Crippen molar-refractivity contribution in [3.8, 4) is 6.07 Å². The number of anilines is 5. The lowest BCUT2D eigenvalue weighted by Gasteiger charge is -2.12. The van der Waals surface area contributed by atoms with Crippen LogP contribution in [0.25, 0.3) is 10.9 Å². The summed E-state index contributed by atoms with van der Waals surface area (Å²) in [5.74, 6) is -0.869. The number of carbonyl (C=O) groups excluding carboxylic acids is 1. The van der Waals surface area contributed by atoms with Crippen LogP contribution in [0.3, 0.4) is 0 Å². The zero-order valence-corrected chi connectivity index (χ0v) is 18.9. The third-order valence-electron chi connectivity index (χ3n) is 5.40. The number of fused-ring (bicyclic) bond motifs is 1. The lowest BCUT2D eigenvalue weighted by molar-refractivity contribution is 0.102. The first-order valence-electron chi connectivity index (χ1n) is 11.0. The fraction of sp³-hybridized carbons (Fsp3) is 0. The topological polar surface area (TPSA) is 103 Å². The van der Waals surface area contributed by atoms with E-state index in [0.717, 1.165) is 22.3 Å². The van der Waals surface area contributed by atoms with E-state index in [1.165, 1.54) is 12.1 Å². The largest absolute Gasteiger partial charge is 0.355 e. The molecular weight excluding hydrogens is 455 g/mol. The molecule has 7 nitrogen and oxygen atoms in total. The van der Waals surface area contributed by atoms with Gasteiger partial charge in [-0.3, -0.25) is 14.8 Å². The van der Waals surface area contributed by atoms with Crippen LogP contribution in [0.1, 0.15) is 15.9 Å². The Kier molecular flexibility index (Phi) is 6.19. The summed E-state index contributed by atoms with van der Waals surface area (Å²) in [4.78, 5) is 21.3. The number of carbonyl (C=O) groups is 1. The molecule has 0 saturated heterocycles. The predicted molar refractivity (Wildman–Crippen MR) is 138 cm³/mol. The Morgan fingerprint density at radius 3 is 2.47 bits per heavy atom. The van der Waals surface area contributed by atoms with Gasteiger partial charge in [0, 0.05) is 58.0 Å². The zero-order valence-electron chi connectivity index (χ0n) is 18.9. The van der Waals surface area contributed by atoms with Gasteiger partial charge < -0.3 is 16.0 Å². The second-order valence-corrected chi connectivity index (χ2v) is 7.95. The van der Waals surface area contributed by atoms with E-state index in [-0.39, 0.29) is 5.91 Å². The first-order valence-corrected chi connectivity index (χ1v) is 11.0. The number of pyridine rings is 2. The van der Waals surface area contributed by atoms with Gasteiger partial charge in [-0.05, 0) is 72.8 Å². The van der Waals surface area contributed by atoms with E-state index in [0.29, 0.717) is 28.2 Å². The first-order chi connectivity index (χ1) is 17.6. The summed E-state index contributed by atoms with van der Waals surface area (Å²) >= 11 is 0. The predicted octanol–water partition coefficient (Wildman–Crippen LogP) is 6.38. The molecule has 0 saturated carbocycles. The average molecular weight is 474 g/mol. The Hall–Kier alpha value is -5.29. The second kappa shape index (κ2) is 9.91. The third kappa shape index (κ3) is 5.11. The third-order valence-corrected chi connectivity index (χ3v) is 5.40. The molecule has 0 unspecified atom stereocenters. The highest BCUT2D eigenvalue weighted by molar-refractivity contribution is 6.05. The van der Waals surface area contributed by atoms with Crippen molar-refractivity contribution in [3.05, 3.63) is 114 Å². The molecule has 2 aromatic heterocycles. The molecule has 36 heavy (non-hydrogen) atoms. The normalized spacial score (nSPS) is 10.4. The maximum Gasteiger partial charge on any atom is 0.255 e. The van der Waals surface area contributed by atoms with Crippen molar-refractivity contribution in [3.63, 3.8) is 0 Å². The van der Waals surface area contributed by atoms with Crippen LogP contribution in [-0.2, 0) is 0 Å². The Bertz CT molecular complexity index is 1610. The van der Waals surface area contributed by atoms with Crippen LogP contribution in [0.15, 0.2) is 97.5 Å². The SMILES string of the molecule is N#Cc1ccc2nccc(Nc3cccc(C(=O)Nc4cc(F)cc(Nc5ccncc5)c4)c3)c2c1. The summed E-state index contributed by atoms with van der Waals surface area (Å²) in [5.41, 5.74) is 4.66. The van der Waals surface area contributed by atoms with Crippen LogP contribution < -0.4 is 16.0 Å². The van der Waals surface area contributed by atoms with E-state index in [9.17, 15) is 14.4 Å². The molecule has 0 fully saturated rings. The quantitative estimate of drug-likeness (QED) is 0.264. The Balaban J connectivity index is 1.36. The second-order valence-electron chi connectivity index (χ2n) is 7.95. The van der Waals surface area contributed by atoms with Gasteiger partial charge in [0.25, 0.3) is 5.91 Å². The number of rotatable bonds is 6. The smallest absolute Gasteiger partial charge is 0.255 e. The summed E-state index contributed by atoms with van der Waals surface area (Å²) < 4.78 is 14.2. The summed E-state index contributed by atoms with van der Waals surface area (Å²) in [6, 6.07) is 23.9. The molecule has 1 amide bonds. The monoisotopic (exact) mass is 474 g/mol. The summed E-state index contributed by atoms with van der Waals surface area (Å²) in [7, 11) is 0. The summed E-state index contributed by atoms with van der Waals surface area (Å²) in [6.45, 7) is 0. The molecule has 3 aromatic carbocycles. The minimum atomic E-state index is -0.485. The van der Waals surface area contributed by atoms with Crippen LogP contribution in [0, 0.1) is 17.1 Å². The number of aromatic nitrogens is 2. The average Bonchev–Trinajstić information content (AvgIpc) is 2.89. The van der Waals surface area contributed by atoms with E-state index in [1.54, 1.807) is 79.3 Å². The highest BCUT2D eigenvalue weighted by Crippen LogP contribution is 2.27. The van der Waals surface area contributed by atoms with E-state index in [1.807, 2.05) is 6.07 Å². The van der Waals surface area contributed by atoms with Gasteiger partial charge in [0.2, 0.25) is 0 Å². The fourth-order valence-electron chi connectivity index (χ4n) is 3.76. The van der Waals surface area contributed by atoms with Gasteiger partial charge in [0.15, 0.2) is 0 Å². The zero-order chi connectivity index (χ0) is 24.9. The molecule has 5 rings (SSSR count). The number of amides is 1. The van der Waals surface area contributed by atoms with Crippen molar-refractivity contribution in [1.29, 1.82) is 5.26 Å². The van der Waals surface area contributed by atoms with E-state index in [2.05, 4.69) is 32.0 Å². The molecule has 2 heterocycles. The van der Waals surface area contributed by atoms with E-state index in [4.69, 9.17) is 0 Å². The van der Waals surface area contributed by atoms with Crippen LogP contribution in [-0.4, -0.2) is 15.9 Å². The minimum absolute atomic E-state index is 0.319. The molecule has 0 aliphatic carbocycles. The lowest BCUT2D eigenvalue weighted by atomic mass is 10.1. The molecular formula is C28H19FN6O. The van der Waals surface area contributed by atoms with Gasteiger partial charge in [-0.1, -0.05) is 6.07 Å². The van der Waals surface area contributed by atoms with Crippen LogP contribution in [0.5, 0.6) is 0 Å². The van der Waals surface area contributed by atoms with Crippen LogP contribution >= 0.6 is 0 Å². The minimum Gasteiger partial charge on any atom is -0.355 e. The molecule has 0 aliphatic heterocycles. The molecule has 174 valence electrons. The molecule has 0 aliphatic rings. The lowest BCUT2D eigenvalue weighted by Crippen LogP contribution is -2.12. The standard InChI is InChI=1S/C28H19FN6O/c29-20-14-23(33-21-6-9-31-10-7-21)16-24(15-20)35-28(36)19-2-1-3-22(13-19)34-27-8-11-32-26-5-4-18(17-30)12-25(26)27/h1-16H,(H,31,33)(H,32,34)(H,35,36). The van der Waals surface area contributed by atoms with Gasteiger partial charge in [-0.2, -0.15) is 5.26 Å². The first kappa shape index (κ1) is 22.5. The van der Waals surface area contributed by atoms with Crippen LogP contribution in [0.4, 0.5) is 32.8 Å². The number of nitriles is 1. The van der Waals surface area contributed by atoms with E-state index >= 15 is 0 Å². The number of benzene rings is 3. The maximum absolute atomic E-state index is 14.2. The van der Waals surface area contributed by atoms with Crippen molar-refractivity contribution < 1.29 is 9.18 Å². The number of hydrogen-bond donors (Lipinski definition) is 3. The molecule has 8 heteroatoms. The van der Waals surface area contributed by atoms with Gasteiger partial charge in [-0.15, -0.1) is 0 Å². The van der Waals surface area contributed by atoms with Crippen molar-refractivity contribution in [1.82, 2.24) is 9.97 Å². The molecule has 0 bridgehead atoms. The van der Waals surface area contributed by atoms with Gasteiger partial charge in [0.05, 0.1) is 17.1 Å². The van der Waals surface area contributed by atoms with Gasteiger partial charge in [0.1, 0.15) is 5.82 Å². The summed E-state index contributed by atoms with van der Waals surface area (Å²) in [6.07, 6.45) is 4.93. The van der Waals surface area contributed by atoms with Gasteiger partial charge >= 0.3 is 0 Å². The molecule has 5 aromatic rings. The maximum atomic E-state index is 14.2. The van der Waals surface area contributed by atoms with Crippen molar-refractivity contribution >= 4 is 45.2 Å². The highest BCUT2D eigenvalue weighted by Gasteiger charge is 2.10. The van der Waals surface area contributed by atoms with Gasteiger partial charge in [-0.25, -0.2) is 4.39 Å². The number of halogens is 1. The highest BCUT2D eigenvalue weighted by atomic mass is 19.1. The molecule has 0 atom stereocenters. The molecule has 0 spiro atoms.